The molecule has 94 valence electrons. The molecule has 1 saturated heterocycles. The Morgan fingerprint density at radius 3 is 2.47 bits per heavy atom. The summed E-state index contributed by atoms with van der Waals surface area (Å²) in [4.78, 5) is 1.93. The lowest BCUT2D eigenvalue weighted by Crippen LogP contribution is -2.43. The van der Waals surface area contributed by atoms with Crippen LogP contribution in [0.25, 0.3) is 0 Å². The first-order valence-corrected chi connectivity index (χ1v) is 5.72. The first-order chi connectivity index (χ1) is 8.09. The van der Waals surface area contributed by atoms with Crippen LogP contribution in [0.4, 0.5) is 13.2 Å². The lowest BCUT2D eigenvalue weighted by atomic mass is 10.1. The molecule has 1 aliphatic rings. The molecule has 0 aliphatic carbocycles. The van der Waals surface area contributed by atoms with Crippen molar-refractivity contribution in [3.8, 4) is 0 Å². The predicted octanol–water partition coefficient (Wildman–Crippen LogP) is 2.16. The fourth-order valence-corrected chi connectivity index (χ4v) is 1.98. The van der Waals surface area contributed by atoms with Crippen molar-refractivity contribution in [3.05, 3.63) is 34.1 Å². The molecule has 0 bridgehead atoms. The quantitative estimate of drug-likeness (QED) is 0.651. The maximum atomic E-state index is 13.5. The van der Waals surface area contributed by atoms with Gasteiger partial charge in [-0.15, -0.1) is 0 Å². The molecule has 0 atom stereocenters. The number of nitrogens with one attached hydrogen (secondary N) is 1. The largest absolute Gasteiger partial charge is 0.314 e. The SMILES string of the molecule is Fc1cc(CN2CCNCC2)c(F)c(F)c1Cl. The normalized spacial score (nSPS) is 17.4. The minimum absolute atomic E-state index is 0.00583. The van der Waals surface area contributed by atoms with Crippen LogP contribution in [0.3, 0.4) is 0 Å². The van der Waals surface area contributed by atoms with Crippen LogP contribution in [0.15, 0.2) is 6.07 Å². The van der Waals surface area contributed by atoms with Gasteiger partial charge in [0.2, 0.25) is 0 Å². The van der Waals surface area contributed by atoms with Gasteiger partial charge in [-0.05, 0) is 6.07 Å². The Morgan fingerprint density at radius 1 is 1.18 bits per heavy atom. The summed E-state index contributed by atoms with van der Waals surface area (Å²) >= 11 is 5.28. The highest BCUT2D eigenvalue weighted by Gasteiger charge is 2.19. The number of piperazine rings is 1. The van der Waals surface area contributed by atoms with Gasteiger partial charge in [0, 0.05) is 38.3 Å². The second-order valence-corrected chi connectivity index (χ2v) is 4.36. The maximum Gasteiger partial charge on any atom is 0.180 e. The summed E-state index contributed by atoms with van der Waals surface area (Å²) in [5.74, 6) is -3.29. The summed E-state index contributed by atoms with van der Waals surface area (Å²) in [6.07, 6.45) is 0. The first kappa shape index (κ1) is 12.7. The molecule has 0 radical (unpaired) electrons. The highest BCUT2D eigenvalue weighted by atomic mass is 35.5. The number of nitrogens with zero attached hydrogens (tertiary/aromatic N) is 1. The topological polar surface area (TPSA) is 15.3 Å². The van der Waals surface area contributed by atoms with E-state index in [1.165, 1.54) is 0 Å². The lowest BCUT2D eigenvalue weighted by molar-refractivity contribution is 0.229. The van der Waals surface area contributed by atoms with E-state index in [1.807, 2.05) is 4.90 Å². The lowest BCUT2D eigenvalue weighted by Gasteiger charge is -2.27. The molecule has 1 N–H and O–H groups in total. The van der Waals surface area contributed by atoms with Gasteiger partial charge < -0.3 is 5.32 Å². The molecule has 6 heteroatoms. The Balaban J connectivity index is 2.20. The van der Waals surface area contributed by atoms with Gasteiger partial charge in [-0.25, -0.2) is 13.2 Å². The molecule has 2 rings (SSSR count). The molecule has 1 aromatic rings. The van der Waals surface area contributed by atoms with Gasteiger partial charge in [0.25, 0.3) is 0 Å². The van der Waals surface area contributed by atoms with Crippen LogP contribution in [0.1, 0.15) is 5.56 Å². The summed E-state index contributed by atoms with van der Waals surface area (Å²) < 4.78 is 40.0. The second-order valence-electron chi connectivity index (χ2n) is 3.99. The van der Waals surface area contributed by atoms with Crippen LogP contribution in [-0.2, 0) is 6.54 Å². The van der Waals surface area contributed by atoms with Crippen LogP contribution >= 0.6 is 11.6 Å². The summed E-state index contributed by atoms with van der Waals surface area (Å²) in [5.41, 5.74) is 0.00583. The molecule has 2 nitrogen and oxygen atoms in total. The smallest absolute Gasteiger partial charge is 0.180 e. The average molecular weight is 265 g/mol. The van der Waals surface area contributed by atoms with Crippen LogP contribution < -0.4 is 5.32 Å². The van der Waals surface area contributed by atoms with Crippen molar-refractivity contribution >= 4 is 11.6 Å². The molecular formula is C11H12ClF3N2. The Hall–Kier alpha value is -0.780. The third-order valence-electron chi connectivity index (χ3n) is 2.78. The van der Waals surface area contributed by atoms with E-state index in [2.05, 4.69) is 5.32 Å². The van der Waals surface area contributed by atoms with Gasteiger partial charge in [0.05, 0.1) is 0 Å². The molecule has 0 spiro atoms. The third-order valence-corrected chi connectivity index (χ3v) is 3.13. The Bertz CT molecular complexity index is 420. The molecule has 0 unspecified atom stereocenters. The maximum absolute atomic E-state index is 13.5. The minimum atomic E-state index is -1.31. The number of rotatable bonds is 2. The van der Waals surface area contributed by atoms with Crippen molar-refractivity contribution < 1.29 is 13.2 Å². The van der Waals surface area contributed by atoms with E-state index >= 15 is 0 Å². The Morgan fingerprint density at radius 2 is 1.82 bits per heavy atom. The van der Waals surface area contributed by atoms with Crippen LogP contribution in [-0.4, -0.2) is 31.1 Å². The minimum Gasteiger partial charge on any atom is -0.314 e. The summed E-state index contributed by atoms with van der Waals surface area (Å²) in [5, 5.41) is 2.36. The number of benzene rings is 1. The fraction of sp³-hybridized carbons (Fsp3) is 0.455. The zero-order valence-corrected chi connectivity index (χ0v) is 9.83. The molecule has 0 amide bonds. The molecule has 0 aromatic heterocycles. The van der Waals surface area contributed by atoms with Gasteiger partial charge in [0.15, 0.2) is 11.6 Å². The Labute approximate surface area is 102 Å². The summed E-state index contributed by atoms with van der Waals surface area (Å²) in [6.45, 7) is 3.23. The van der Waals surface area contributed by atoms with E-state index in [-0.39, 0.29) is 12.1 Å². The van der Waals surface area contributed by atoms with E-state index in [0.717, 1.165) is 32.2 Å². The molecule has 1 heterocycles. The molecule has 0 saturated carbocycles. The summed E-state index contributed by atoms with van der Waals surface area (Å²) in [6, 6.07) is 0.961. The molecule has 1 fully saturated rings. The van der Waals surface area contributed by atoms with Crippen molar-refractivity contribution in [2.45, 2.75) is 6.54 Å². The number of hydrogen-bond acceptors (Lipinski definition) is 2. The number of halogens is 4. The van der Waals surface area contributed by atoms with E-state index in [0.29, 0.717) is 0 Å². The highest BCUT2D eigenvalue weighted by Crippen LogP contribution is 2.25. The monoisotopic (exact) mass is 264 g/mol. The zero-order chi connectivity index (χ0) is 12.4. The first-order valence-electron chi connectivity index (χ1n) is 5.34. The van der Waals surface area contributed by atoms with Crippen molar-refractivity contribution in [3.63, 3.8) is 0 Å². The molecule has 1 aromatic carbocycles. The van der Waals surface area contributed by atoms with Crippen molar-refractivity contribution in [2.75, 3.05) is 26.2 Å². The van der Waals surface area contributed by atoms with Crippen molar-refractivity contribution in [1.29, 1.82) is 0 Å². The van der Waals surface area contributed by atoms with Gasteiger partial charge in [-0.1, -0.05) is 11.6 Å². The standard InChI is InChI=1S/C11H12ClF3N2/c12-9-8(13)5-7(10(14)11(9)15)6-17-3-1-16-2-4-17/h5,16H,1-4,6H2. The van der Waals surface area contributed by atoms with Gasteiger partial charge in [-0.2, -0.15) is 0 Å². The van der Waals surface area contributed by atoms with Gasteiger partial charge >= 0.3 is 0 Å². The summed E-state index contributed by atoms with van der Waals surface area (Å²) in [7, 11) is 0. The predicted molar refractivity (Wildman–Crippen MR) is 59.5 cm³/mol. The van der Waals surface area contributed by atoms with E-state index < -0.39 is 22.5 Å². The third kappa shape index (κ3) is 2.73. The average Bonchev–Trinajstić information content (AvgIpc) is 2.35. The Kier molecular flexibility index (Phi) is 3.91. The van der Waals surface area contributed by atoms with Crippen molar-refractivity contribution in [2.24, 2.45) is 0 Å². The second kappa shape index (κ2) is 5.25. The fourth-order valence-electron chi connectivity index (χ4n) is 1.85. The molecule has 1 aliphatic heterocycles. The van der Waals surface area contributed by atoms with Gasteiger partial charge in [-0.3, -0.25) is 4.90 Å². The van der Waals surface area contributed by atoms with Crippen LogP contribution in [0.5, 0.6) is 0 Å². The number of hydrogen-bond donors (Lipinski definition) is 1. The van der Waals surface area contributed by atoms with Gasteiger partial charge in [0.1, 0.15) is 10.8 Å². The van der Waals surface area contributed by atoms with Crippen molar-refractivity contribution in [1.82, 2.24) is 10.2 Å². The highest BCUT2D eigenvalue weighted by molar-refractivity contribution is 6.30. The van der Waals surface area contributed by atoms with Crippen LogP contribution in [0.2, 0.25) is 5.02 Å². The van der Waals surface area contributed by atoms with E-state index in [9.17, 15) is 13.2 Å². The molecule has 17 heavy (non-hydrogen) atoms. The molecular weight excluding hydrogens is 253 g/mol. The zero-order valence-electron chi connectivity index (χ0n) is 9.07. The van der Waals surface area contributed by atoms with Crippen LogP contribution in [0, 0.1) is 17.5 Å². The van der Waals surface area contributed by atoms with E-state index in [4.69, 9.17) is 11.6 Å². The van der Waals surface area contributed by atoms with E-state index in [1.54, 1.807) is 0 Å².